The van der Waals surface area contributed by atoms with Crippen molar-refractivity contribution in [3.05, 3.63) is 17.2 Å². The number of rotatable bonds is 0. The summed E-state index contributed by atoms with van der Waals surface area (Å²) in [6, 6.07) is 0. The molecule has 0 fully saturated rings. The van der Waals surface area contributed by atoms with Gasteiger partial charge in [-0.25, -0.2) is 0 Å². The zero-order valence-electron chi connectivity index (χ0n) is 3.31. The molecule has 0 N–H and O–H groups in total. The van der Waals surface area contributed by atoms with E-state index in [1.807, 2.05) is 23.5 Å². The Hall–Kier alpha value is 1.44. The first-order valence-electron chi connectivity index (χ1n) is 1.66. The molecule has 0 nitrogen and oxygen atoms in total. The van der Waals surface area contributed by atoms with Crippen molar-refractivity contribution in [2.24, 2.45) is 0 Å². The van der Waals surface area contributed by atoms with E-state index >= 15 is 0 Å². The molecule has 1 aliphatic rings. The van der Waals surface area contributed by atoms with Gasteiger partial charge in [0.05, 0.1) is 0 Å². The zero-order valence-corrected chi connectivity index (χ0v) is 4.94. The van der Waals surface area contributed by atoms with Crippen LogP contribution in [0.25, 0.3) is 0 Å². The van der Waals surface area contributed by atoms with Crippen molar-refractivity contribution < 1.29 is 0 Å². The second-order valence-electron chi connectivity index (χ2n) is 1.01. The summed E-state index contributed by atoms with van der Waals surface area (Å²) >= 11 is 3.63. The van der Waals surface area contributed by atoms with Crippen LogP contribution >= 0.6 is 23.5 Å². The summed E-state index contributed by atoms with van der Waals surface area (Å²) in [5, 5.41) is 3.25. The van der Waals surface area contributed by atoms with E-state index in [2.05, 4.69) is 12.3 Å². The van der Waals surface area contributed by atoms with Crippen LogP contribution in [0.2, 0.25) is 0 Å². The van der Waals surface area contributed by atoms with Gasteiger partial charge in [0.1, 0.15) is 0 Å². The van der Waals surface area contributed by atoms with Crippen molar-refractivity contribution in [2.75, 3.05) is 5.08 Å². The van der Waals surface area contributed by atoms with Crippen molar-refractivity contribution in [2.45, 2.75) is 0 Å². The standard InChI is InChI=1S/C4H5S2.Na.H/c1-4-2-5-3-6-4;;/h2H,1,3H2;;. The molecular weight excluding hydrogens is 135 g/mol. The first-order valence-corrected chi connectivity index (χ1v) is 3.69. The third-order valence-electron chi connectivity index (χ3n) is 0.527. The predicted octanol–water partition coefficient (Wildman–Crippen LogP) is 1.45. The van der Waals surface area contributed by atoms with Gasteiger partial charge in [-0.1, -0.05) is 0 Å². The molecular formula is C4H6NaS2. The summed E-state index contributed by atoms with van der Waals surface area (Å²) < 4.78 is 0. The Kier molecular flexibility index (Phi) is 5.22. The fraction of sp³-hybridized carbons (Fsp3) is 0.250. The second-order valence-corrected chi connectivity index (χ2v) is 3.34. The van der Waals surface area contributed by atoms with Gasteiger partial charge in [0.15, 0.2) is 0 Å². The molecule has 0 atom stereocenters. The zero-order chi connectivity index (χ0) is 4.41. The Labute approximate surface area is 74.8 Å². The molecule has 7 heavy (non-hydrogen) atoms. The van der Waals surface area contributed by atoms with E-state index in [-0.39, 0.29) is 29.6 Å². The molecule has 1 radical (unpaired) electrons. The molecule has 0 bridgehead atoms. The molecule has 0 aromatic heterocycles. The molecule has 3 heteroatoms. The Morgan fingerprint density at radius 1 is 1.71 bits per heavy atom. The fourth-order valence-corrected chi connectivity index (χ4v) is 2.08. The number of thioether (sulfide) groups is 2. The normalized spacial score (nSPS) is 18.1. The van der Waals surface area contributed by atoms with Gasteiger partial charge in [-0.15, -0.1) is 23.5 Å². The molecule has 0 saturated heterocycles. The van der Waals surface area contributed by atoms with E-state index in [1.54, 1.807) is 0 Å². The van der Waals surface area contributed by atoms with Gasteiger partial charge >= 0.3 is 29.6 Å². The molecule has 0 unspecified atom stereocenters. The first kappa shape index (κ1) is 8.44. The van der Waals surface area contributed by atoms with Crippen molar-refractivity contribution >= 4 is 53.1 Å². The van der Waals surface area contributed by atoms with Gasteiger partial charge in [-0.2, -0.15) is 0 Å². The molecule has 0 spiro atoms. The summed E-state index contributed by atoms with van der Waals surface area (Å²) in [4.78, 5) is 1.21. The van der Waals surface area contributed by atoms with Crippen LogP contribution in [-0.2, 0) is 0 Å². The molecule has 1 aliphatic heterocycles. The van der Waals surface area contributed by atoms with Gasteiger partial charge in [-0.3, -0.25) is 0 Å². The van der Waals surface area contributed by atoms with Crippen molar-refractivity contribution in [1.29, 1.82) is 0 Å². The topological polar surface area (TPSA) is 0 Å². The van der Waals surface area contributed by atoms with Crippen molar-refractivity contribution in [3.8, 4) is 0 Å². The van der Waals surface area contributed by atoms with Crippen LogP contribution in [0.15, 0.2) is 10.3 Å². The second kappa shape index (κ2) is 4.33. The van der Waals surface area contributed by atoms with E-state index in [9.17, 15) is 0 Å². The predicted molar refractivity (Wildman–Crippen MR) is 40.6 cm³/mol. The summed E-state index contributed by atoms with van der Waals surface area (Å²) in [6.45, 7) is 3.74. The van der Waals surface area contributed by atoms with E-state index in [4.69, 9.17) is 0 Å². The van der Waals surface area contributed by atoms with Crippen LogP contribution in [0.5, 0.6) is 0 Å². The van der Waals surface area contributed by atoms with Crippen LogP contribution in [0.3, 0.4) is 0 Å². The van der Waals surface area contributed by atoms with Crippen LogP contribution in [0, 0.1) is 6.92 Å². The maximum absolute atomic E-state index is 3.74. The van der Waals surface area contributed by atoms with Gasteiger partial charge in [0.2, 0.25) is 0 Å². The quantitative estimate of drug-likeness (QED) is 0.468. The van der Waals surface area contributed by atoms with Crippen LogP contribution < -0.4 is 0 Å². The van der Waals surface area contributed by atoms with Gasteiger partial charge in [0.25, 0.3) is 0 Å². The minimum absolute atomic E-state index is 0. The monoisotopic (exact) mass is 141 g/mol. The van der Waals surface area contributed by atoms with E-state index in [0.717, 1.165) is 0 Å². The SMILES string of the molecule is [CH2]C1=CSCS1.[NaH]. The van der Waals surface area contributed by atoms with Gasteiger partial charge < -0.3 is 0 Å². The summed E-state index contributed by atoms with van der Waals surface area (Å²) in [5.74, 6) is 0. The molecule has 0 aromatic carbocycles. The number of allylic oxidation sites excluding steroid dienone is 1. The maximum atomic E-state index is 3.74. The molecule has 0 aliphatic carbocycles. The van der Waals surface area contributed by atoms with Crippen molar-refractivity contribution in [3.63, 3.8) is 0 Å². The summed E-state index contributed by atoms with van der Waals surface area (Å²) in [6.07, 6.45) is 0. The average molecular weight is 141 g/mol. The third-order valence-corrected chi connectivity index (χ3v) is 2.63. The molecule has 35 valence electrons. The van der Waals surface area contributed by atoms with Crippen LogP contribution in [0.4, 0.5) is 0 Å². The molecule has 0 aromatic rings. The first-order chi connectivity index (χ1) is 2.89. The Morgan fingerprint density at radius 2 is 2.43 bits per heavy atom. The number of hydrogen-bond acceptors (Lipinski definition) is 2. The Bertz CT molecular complexity index is 79.8. The van der Waals surface area contributed by atoms with Gasteiger partial charge in [0, 0.05) is 5.08 Å². The van der Waals surface area contributed by atoms with E-state index in [0.29, 0.717) is 0 Å². The van der Waals surface area contributed by atoms with Crippen molar-refractivity contribution in [1.82, 2.24) is 0 Å². The molecule has 0 amide bonds. The molecule has 0 saturated carbocycles. The van der Waals surface area contributed by atoms with Gasteiger partial charge in [-0.05, 0) is 17.2 Å². The third kappa shape index (κ3) is 3.09. The summed E-state index contributed by atoms with van der Waals surface area (Å²) in [5.41, 5.74) is 0. The van der Waals surface area contributed by atoms with Crippen LogP contribution in [-0.4, -0.2) is 34.6 Å². The fourth-order valence-electron chi connectivity index (χ4n) is 0.271. The average Bonchev–Trinajstić information content (AvgIpc) is 1.86. The molecule has 1 rings (SSSR count). The summed E-state index contributed by atoms with van der Waals surface area (Å²) in [7, 11) is 0. The van der Waals surface area contributed by atoms with E-state index in [1.165, 1.54) is 9.99 Å². The Morgan fingerprint density at radius 3 is 2.57 bits per heavy atom. The Balaban J connectivity index is 0.000000360. The minimum atomic E-state index is 0. The number of hydrogen-bond donors (Lipinski definition) is 0. The van der Waals surface area contributed by atoms with E-state index < -0.39 is 0 Å². The van der Waals surface area contributed by atoms with Crippen LogP contribution in [0.1, 0.15) is 0 Å². The molecule has 1 heterocycles.